The summed E-state index contributed by atoms with van der Waals surface area (Å²) < 4.78 is 0. The lowest BCUT2D eigenvalue weighted by Crippen LogP contribution is -2.09. The van der Waals surface area contributed by atoms with E-state index in [4.69, 9.17) is 0 Å². The quantitative estimate of drug-likeness (QED) is 0.291. The molecule has 1 aromatic heterocycles. The topological polar surface area (TPSA) is 3.24 Å². The van der Waals surface area contributed by atoms with Crippen LogP contribution in [-0.2, 0) is 0 Å². The summed E-state index contributed by atoms with van der Waals surface area (Å²) in [5.41, 5.74) is 8.52. The zero-order valence-corrected chi connectivity index (χ0v) is 20.0. The van der Waals surface area contributed by atoms with Gasteiger partial charge in [-0.15, -0.1) is 11.3 Å². The van der Waals surface area contributed by atoms with Crippen molar-refractivity contribution in [2.24, 2.45) is 0 Å². The molecule has 4 aromatic rings. The van der Waals surface area contributed by atoms with Crippen molar-refractivity contribution in [1.29, 1.82) is 0 Å². The first-order valence-corrected chi connectivity index (χ1v) is 11.8. The zero-order valence-electron chi connectivity index (χ0n) is 19.2. The molecule has 160 valence electrons. The van der Waals surface area contributed by atoms with Crippen molar-refractivity contribution in [3.05, 3.63) is 117 Å². The van der Waals surface area contributed by atoms with Gasteiger partial charge in [-0.3, -0.25) is 0 Å². The van der Waals surface area contributed by atoms with E-state index in [9.17, 15) is 0 Å². The Morgan fingerprint density at radius 1 is 0.625 bits per heavy atom. The molecular weight excluding hydrogens is 406 g/mol. The molecule has 0 aliphatic rings. The first-order valence-electron chi connectivity index (χ1n) is 11.0. The molecule has 0 saturated carbocycles. The van der Waals surface area contributed by atoms with Gasteiger partial charge in [-0.2, -0.15) is 0 Å². The number of thiophene rings is 1. The van der Waals surface area contributed by atoms with Crippen LogP contribution in [0.15, 0.2) is 84.9 Å². The molecule has 0 fully saturated rings. The fourth-order valence-electron chi connectivity index (χ4n) is 3.67. The predicted octanol–water partition coefficient (Wildman–Crippen LogP) is 9.35. The van der Waals surface area contributed by atoms with Crippen molar-refractivity contribution in [3.63, 3.8) is 0 Å². The SMILES string of the molecule is CC=Cc1sc(C=Cc2ccc(N(c3ccc(C)cc3)c3ccc(C)cc3)cc2)cc1C. The Morgan fingerprint density at radius 3 is 1.62 bits per heavy atom. The molecule has 2 heteroatoms. The van der Waals surface area contributed by atoms with Crippen LogP contribution < -0.4 is 4.90 Å². The summed E-state index contributed by atoms with van der Waals surface area (Å²) >= 11 is 1.83. The second kappa shape index (κ2) is 9.84. The number of allylic oxidation sites excluding steroid dienone is 1. The second-order valence-corrected chi connectivity index (χ2v) is 9.24. The van der Waals surface area contributed by atoms with E-state index in [0.29, 0.717) is 0 Å². The molecule has 0 saturated heterocycles. The Morgan fingerprint density at radius 2 is 1.12 bits per heavy atom. The molecule has 0 aliphatic carbocycles. The lowest BCUT2D eigenvalue weighted by atomic mass is 10.1. The van der Waals surface area contributed by atoms with Crippen LogP contribution in [0, 0.1) is 20.8 Å². The van der Waals surface area contributed by atoms with Crippen molar-refractivity contribution >= 4 is 46.6 Å². The molecular formula is C30H29NS. The number of anilines is 3. The summed E-state index contributed by atoms with van der Waals surface area (Å²) in [5.74, 6) is 0. The van der Waals surface area contributed by atoms with E-state index in [1.807, 2.05) is 11.3 Å². The molecule has 1 heterocycles. The van der Waals surface area contributed by atoms with Gasteiger partial charge in [0, 0.05) is 26.8 Å². The average molecular weight is 436 g/mol. The van der Waals surface area contributed by atoms with Crippen LogP contribution in [0.5, 0.6) is 0 Å². The van der Waals surface area contributed by atoms with Gasteiger partial charge in [-0.25, -0.2) is 0 Å². The molecule has 4 rings (SSSR count). The first kappa shape index (κ1) is 21.9. The number of aryl methyl sites for hydroxylation is 3. The molecule has 0 spiro atoms. The van der Waals surface area contributed by atoms with Gasteiger partial charge in [0.2, 0.25) is 0 Å². The maximum atomic E-state index is 2.30. The summed E-state index contributed by atoms with van der Waals surface area (Å²) in [7, 11) is 0. The van der Waals surface area contributed by atoms with Crippen molar-refractivity contribution in [2.45, 2.75) is 27.7 Å². The minimum atomic E-state index is 1.15. The third kappa shape index (κ3) is 5.09. The molecule has 0 N–H and O–H groups in total. The van der Waals surface area contributed by atoms with Gasteiger partial charge in [0.1, 0.15) is 0 Å². The standard InChI is InChI=1S/C30H29NS/c1-5-6-30-24(4)21-29(32-30)20-13-25-11-18-28(19-12-25)31(26-14-7-22(2)8-15-26)27-16-9-23(3)10-17-27/h5-21H,1-4H3. The van der Waals surface area contributed by atoms with Crippen LogP contribution in [0.25, 0.3) is 18.2 Å². The highest BCUT2D eigenvalue weighted by atomic mass is 32.1. The number of hydrogen-bond acceptors (Lipinski definition) is 2. The summed E-state index contributed by atoms with van der Waals surface area (Å²) in [4.78, 5) is 4.91. The van der Waals surface area contributed by atoms with E-state index >= 15 is 0 Å². The van der Waals surface area contributed by atoms with Crippen LogP contribution >= 0.6 is 11.3 Å². The van der Waals surface area contributed by atoms with Gasteiger partial charge in [0.05, 0.1) is 0 Å². The fraction of sp³-hybridized carbons (Fsp3) is 0.133. The Labute approximate surface area is 196 Å². The average Bonchev–Trinajstić information content (AvgIpc) is 3.15. The van der Waals surface area contributed by atoms with E-state index in [0.717, 1.165) is 17.1 Å². The lowest BCUT2D eigenvalue weighted by Gasteiger charge is -2.25. The molecule has 0 radical (unpaired) electrons. The van der Waals surface area contributed by atoms with Crippen LogP contribution in [-0.4, -0.2) is 0 Å². The third-order valence-electron chi connectivity index (χ3n) is 5.47. The monoisotopic (exact) mass is 435 g/mol. The van der Waals surface area contributed by atoms with E-state index < -0.39 is 0 Å². The maximum absolute atomic E-state index is 2.30. The normalized spacial score (nSPS) is 11.5. The highest BCUT2D eigenvalue weighted by Crippen LogP contribution is 2.35. The molecule has 0 aliphatic heterocycles. The van der Waals surface area contributed by atoms with Gasteiger partial charge in [-0.1, -0.05) is 59.7 Å². The second-order valence-electron chi connectivity index (χ2n) is 8.13. The van der Waals surface area contributed by atoms with Crippen LogP contribution in [0.1, 0.15) is 38.9 Å². The zero-order chi connectivity index (χ0) is 22.5. The van der Waals surface area contributed by atoms with E-state index in [1.54, 1.807) is 0 Å². The van der Waals surface area contributed by atoms with E-state index in [1.165, 1.54) is 32.0 Å². The van der Waals surface area contributed by atoms with Crippen molar-refractivity contribution < 1.29 is 0 Å². The molecule has 0 amide bonds. The van der Waals surface area contributed by atoms with Gasteiger partial charge >= 0.3 is 0 Å². The van der Waals surface area contributed by atoms with Gasteiger partial charge < -0.3 is 4.90 Å². The highest BCUT2D eigenvalue weighted by molar-refractivity contribution is 7.14. The predicted molar refractivity (Wildman–Crippen MR) is 143 cm³/mol. The van der Waals surface area contributed by atoms with Crippen molar-refractivity contribution in [3.8, 4) is 0 Å². The minimum Gasteiger partial charge on any atom is -0.311 e. The molecule has 0 bridgehead atoms. The number of benzene rings is 3. The minimum absolute atomic E-state index is 1.15. The Kier molecular flexibility index (Phi) is 6.72. The number of rotatable bonds is 6. The smallest absolute Gasteiger partial charge is 0.0462 e. The van der Waals surface area contributed by atoms with E-state index in [2.05, 4.69) is 136 Å². The molecule has 32 heavy (non-hydrogen) atoms. The van der Waals surface area contributed by atoms with Gasteiger partial charge in [0.15, 0.2) is 0 Å². The van der Waals surface area contributed by atoms with Crippen LogP contribution in [0.4, 0.5) is 17.1 Å². The van der Waals surface area contributed by atoms with Gasteiger partial charge in [0.25, 0.3) is 0 Å². The number of hydrogen-bond donors (Lipinski definition) is 0. The molecule has 1 nitrogen and oxygen atoms in total. The largest absolute Gasteiger partial charge is 0.311 e. The van der Waals surface area contributed by atoms with Crippen LogP contribution in [0.3, 0.4) is 0 Å². The van der Waals surface area contributed by atoms with Crippen molar-refractivity contribution in [1.82, 2.24) is 0 Å². The molecule has 0 atom stereocenters. The molecule has 3 aromatic carbocycles. The highest BCUT2D eigenvalue weighted by Gasteiger charge is 2.12. The Hall–Kier alpha value is -3.36. The third-order valence-corrected chi connectivity index (χ3v) is 6.64. The summed E-state index contributed by atoms with van der Waals surface area (Å²) in [6.07, 6.45) is 8.67. The van der Waals surface area contributed by atoms with Gasteiger partial charge in [-0.05, 0) is 93.4 Å². The maximum Gasteiger partial charge on any atom is 0.0462 e. The number of nitrogens with zero attached hydrogens (tertiary/aromatic N) is 1. The van der Waals surface area contributed by atoms with Crippen LogP contribution in [0.2, 0.25) is 0 Å². The lowest BCUT2D eigenvalue weighted by molar-refractivity contribution is 1.27. The van der Waals surface area contributed by atoms with E-state index in [-0.39, 0.29) is 0 Å². The summed E-state index contributed by atoms with van der Waals surface area (Å²) in [5, 5.41) is 0. The Bertz CT molecular complexity index is 1180. The summed E-state index contributed by atoms with van der Waals surface area (Å²) in [6, 6.07) is 28.4. The summed E-state index contributed by atoms with van der Waals surface area (Å²) in [6.45, 7) is 8.48. The Balaban J connectivity index is 1.62. The van der Waals surface area contributed by atoms with Crippen molar-refractivity contribution in [2.75, 3.05) is 4.90 Å². The molecule has 0 unspecified atom stereocenters. The fourth-order valence-corrected chi connectivity index (χ4v) is 4.72. The first-order chi connectivity index (χ1) is 15.5.